The Balaban J connectivity index is 1.76. The minimum atomic E-state index is -0.155. The van der Waals surface area contributed by atoms with Crippen LogP contribution in [-0.4, -0.2) is 12.6 Å². The monoisotopic (exact) mass is 233 g/mol. The first kappa shape index (κ1) is 11.8. The standard InChI is InChI=1S/C13H19N3O/c1-13(2)7-9(13)8-15-12(17)16-11-5-3-10(14)4-6-11/h3-6,9H,7-8,14H2,1-2H3,(H2,15,16,17). The van der Waals surface area contributed by atoms with E-state index in [1.54, 1.807) is 24.3 Å². The summed E-state index contributed by atoms with van der Waals surface area (Å²) in [5.41, 5.74) is 7.41. The first-order valence-electron chi connectivity index (χ1n) is 5.88. The molecule has 1 aliphatic rings. The summed E-state index contributed by atoms with van der Waals surface area (Å²) in [6.45, 7) is 5.18. The van der Waals surface area contributed by atoms with Gasteiger partial charge in [-0.3, -0.25) is 0 Å². The van der Waals surface area contributed by atoms with Gasteiger partial charge in [0.2, 0.25) is 0 Å². The predicted molar refractivity (Wildman–Crippen MR) is 69.8 cm³/mol. The van der Waals surface area contributed by atoms with Crippen molar-refractivity contribution in [2.24, 2.45) is 11.3 Å². The van der Waals surface area contributed by atoms with Crippen LogP contribution >= 0.6 is 0 Å². The van der Waals surface area contributed by atoms with Crippen LogP contribution in [0.25, 0.3) is 0 Å². The molecule has 0 spiro atoms. The van der Waals surface area contributed by atoms with Gasteiger partial charge in [-0.2, -0.15) is 0 Å². The second-order valence-electron chi connectivity index (χ2n) is 5.35. The molecular weight excluding hydrogens is 214 g/mol. The molecule has 1 aromatic rings. The highest BCUT2D eigenvalue weighted by Gasteiger charge is 2.45. The second-order valence-corrected chi connectivity index (χ2v) is 5.35. The third-order valence-corrected chi connectivity index (χ3v) is 3.40. The Morgan fingerprint density at radius 1 is 1.41 bits per heavy atom. The summed E-state index contributed by atoms with van der Waals surface area (Å²) in [6, 6.07) is 6.95. The van der Waals surface area contributed by atoms with Crippen molar-refractivity contribution in [3.05, 3.63) is 24.3 Å². The van der Waals surface area contributed by atoms with E-state index in [0.29, 0.717) is 17.0 Å². The molecule has 4 heteroatoms. The van der Waals surface area contributed by atoms with E-state index in [0.717, 1.165) is 12.2 Å². The van der Waals surface area contributed by atoms with Crippen LogP contribution in [0.5, 0.6) is 0 Å². The number of rotatable bonds is 3. The molecular formula is C13H19N3O. The fourth-order valence-corrected chi connectivity index (χ4v) is 1.88. The lowest BCUT2D eigenvalue weighted by Crippen LogP contribution is -2.31. The van der Waals surface area contributed by atoms with Gasteiger partial charge in [0.05, 0.1) is 0 Å². The largest absolute Gasteiger partial charge is 0.399 e. The molecule has 1 atom stereocenters. The molecule has 0 saturated heterocycles. The topological polar surface area (TPSA) is 67.2 Å². The highest BCUT2D eigenvalue weighted by molar-refractivity contribution is 5.89. The molecule has 4 nitrogen and oxygen atoms in total. The van der Waals surface area contributed by atoms with Gasteiger partial charge in [0.15, 0.2) is 0 Å². The quantitative estimate of drug-likeness (QED) is 0.702. The number of carbonyl (C=O) groups excluding carboxylic acids is 1. The SMILES string of the molecule is CC1(C)CC1CNC(=O)Nc1ccc(N)cc1. The average Bonchev–Trinajstić information content (AvgIpc) is 2.87. The predicted octanol–water partition coefficient (Wildman–Crippen LogP) is 2.44. The zero-order valence-electron chi connectivity index (χ0n) is 10.3. The van der Waals surface area contributed by atoms with E-state index in [2.05, 4.69) is 24.5 Å². The number of nitrogens with two attached hydrogens (primary N) is 1. The minimum absolute atomic E-state index is 0.155. The highest BCUT2D eigenvalue weighted by Crippen LogP contribution is 2.50. The maximum Gasteiger partial charge on any atom is 0.319 e. The summed E-state index contributed by atoms with van der Waals surface area (Å²) in [6.07, 6.45) is 1.19. The lowest BCUT2D eigenvalue weighted by Gasteiger charge is -2.08. The summed E-state index contributed by atoms with van der Waals surface area (Å²) in [4.78, 5) is 11.6. The van der Waals surface area contributed by atoms with Crippen molar-refractivity contribution in [2.45, 2.75) is 20.3 Å². The second kappa shape index (κ2) is 4.28. The maximum absolute atomic E-state index is 11.6. The molecule has 2 rings (SSSR count). The molecule has 0 heterocycles. The molecule has 1 aromatic carbocycles. The van der Waals surface area contributed by atoms with Gasteiger partial charge in [-0.05, 0) is 42.0 Å². The van der Waals surface area contributed by atoms with Gasteiger partial charge in [0.1, 0.15) is 0 Å². The maximum atomic E-state index is 11.6. The molecule has 0 bridgehead atoms. The summed E-state index contributed by atoms with van der Waals surface area (Å²) in [7, 11) is 0. The summed E-state index contributed by atoms with van der Waals surface area (Å²) >= 11 is 0. The lowest BCUT2D eigenvalue weighted by atomic mass is 10.1. The van der Waals surface area contributed by atoms with Crippen LogP contribution in [0.1, 0.15) is 20.3 Å². The molecule has 1 aliphatic carbocycles. The van der Waals surface area contributed by atoms with Gasteiger partial charge >= 0.3 is 6.03 Å². The van der Waals surface area contributed by atoms with Crippen LogP contribution in [0, 0.1) is 11.3 Å². The Hall–Kier alpha value is -1.71. The number of carbonyl (C=O) groups is 1. The average molecular weight is 233 g/mol. The van der Waals surface area contributed by atoms with Gasteiger partial charge < -0.3 is 16.4 Å². The number of urea groups is 1. The summed E-state index contributed by atoms with van der Waals surface area (Å²) in [5, 5.41) is 5.66. The number of hydrogen-bond acceptors (Lipinski definition) is 2. The third-order valence-electron chi connectivity index (χ3n) is 3.40. The van der Waals surface area contributed by atoms with Crippen LogP contribution in [-0.2, 0) is 0 Å². The van der Waals surface area contributed by atoms with E-state index >= 15 is 0 Å². The molecule has 1 saturated carbocycles. The molecule has 0 aliphatic heterocycles. The van der Waals surface area contributed by atoms with Gasteiger partial charge in [-0.15, -0.1) is 0 Å². The van der Waals surface area contributed by atoms with Crippen molar-refractivity contribution in [2.75, 3.05) is 17.6 Å². The van der Waals surface area contributed by atoms with Gasteiger partial charge in [-0.1, -0.05) is 13.8 Å². The van der Waals surface area contributed by atoms with Crippen LogP contribution in [0.15, 0.2) is 24.3 Å². The first-order valence-corrected chi connectivity index (χ1v) is 5.88. The smallest absolute Gasteiger partial charge is 0.319 e. The number of amides is 2. The zero-order valence-corrected chi connectivity index (χ0v) is 10.3. The van der Waals surface area contributed by atoms with Crippen LogP contribution in [0.3, 0.4) is 0 Å². The Morgan fingerprint density at radius 2 is 2.00 bits per heavy atom. The Kier molecular flexibility index (Phi) is 2.96. The van der Waals surface area contributed by atoms with Crippen molar-refractivity contribution in [1.29, 1.82) is 0 Å². The van der Waals surface area contributed by atoms with Crippen molar-refractivity contribution < 1.29 is 4.79 Å². The highest BCUT2D eigenvalue weighted by atomic mass is 16.2. The van der Waals surface area contributed by atoms with Crippen LogP contribution in [0.4, 0.5) is 16.2 Å². The number of nitrogen functional groups attached to an aromatic ring is 1. The third kappa shape index (κ3) is 3.12. The molecule has 1 fully saturated rings. The molecule has 17 heavy (non-hydrogen) atoms. The van der Waals surface area contributed by atoms with Crippen LogP contribution < -0.4 is 16.4 Å². The fraction of sp³-hybridized carbons (Fsp3) is 0.462. The van der Waals surface area contributed by atoms with Crippen LogP contribution in [0.2, 0.25) is 0 Å². The van der Waals surface area contributed by atoms with Crippen molar-refractivity contribution in [3.8, 4) is 0 Å². The molecule has 1 unspecified atom stereocenters. The van der Waals surface area contributed by atoms with E-state index < -0.39 is 0 Å². The Labute approximate surface area is 102 Å². The summed E-state index contributed by atoms with van der Waals surface area (Å²) < 4.78 is 0. The molecule has 2 amide bonds. The normalized spacial score (nSPS) is 20.7. The number of nitrogens with one attached hydrogen (secondary N) is 2. The number of benzene rings is 1. The van der Waals surface area contributed by atoms with E-state index in [9.17, 15) is 4.79 Å². The Bertz CT molecular complexity index is 411. The van der Waals surface area contributed by atoms with E-state index in [-0.39, 0.29) is 6.03 Å². The van der Waals surface area contributed by atoms with E-state index in [1.807, 2.05) is 0 Å². The minimum Gasteiger partial charge on any atom is -0.399 e. The van der Waals surface area contributed by atoms with Crippen molar-refractivity contribution >= 4 is 17.4 Å². The van der Waals surface area contributed by atoms with E-state index in [1.165, 1.54) is 6.42 Å². The van der Waals surface area contributed by atoms with Gasteiger partial charge in [-0.25, -0.2) is 4.79 Å². The summed E-state index contributed by atoms with van der Waals surface area (Å²) in [5.74, 6) is 0.611. The molecule has 0 aromatic heterocycles. The lowest BCUT2D eigenvalue weighted by molar-refractivity contribution is 0.251. The van der Waals surface area contributed by atoms with E-state index in [4.69, 9.17) is 5.73 Å². The molecule has 92 valence electrons. The van der Waals surface area contributed by atoms with Gasteiger partial charge in [0.25, 0.3) is 0 Å². The van der Waals surface area contributed by atoms with Crippen molar-refractivity contribution in [1.82, 2.24) is 5.32 Å². The number of anilines is 2. The number of hydrogen-bond donors (Lipinski definition) is 3. The Morgan fingerprint density at radius 3 is 2.53 bits per heavy atom. The molecule has 0 radical (unpaired) electrons. The fourth-order valence-electron chi connectivity index (χ4n) is 1.88. The zero-order chi connectivity index (χ0) is 12.5. The van der Waals surface area contributed by atoms with Crippen molar-refractivity contribution in [3.63, 3.8) is 0 Å². The first-order chi connectivity index (χ1) is 7.97. The molecule has 4 N–H and O–H groups in total. The van der Waals surface area contributed by atoms with Gasteiger partial charge in [0, 0.05) is 17.9 Å².